The Hall–Kier alpha value is -1.43. The van der Waals surface area contributed by atoms with Crippen LogP contribution < -0.4 is 10.5 Å². The number of nitrogens with two attached hydrogens (primary N) is 1. The van der Waals surface area contributed by atoms with Gasteiger partial charge in [-0.3, -0.25) is 4.72 Å². The van der Waals surface area contributed by atoms with Crippen molar-refractivity contribution in [1.29, 1.82) is 0 Å². The number of hydrogen-bond acceptors (Lipinski definition) is 3. The first kappa shape index (κ1) is 15.9. The minimum Gasteiger partial charge on any atom is -0.398 e. The summed E-state index contributed by atoms with van der Waals surface area (Å²) in [5.41, 5.74) is 8.01. The molecule has 0 amide bonds. The van der Waals surface area contributed by atoms with Crippen LogP contribution in [0.4, 0.5) is 11.4 Å². The van der Waals surface area contributed by atoms with Gasteiger partial charge in [-0.05, 0) is 49.2 Å². The maximum Gasteiger partial charge on any atom is 0.263 e. The zero-order chi connectivity index (χ0) is 15.8. The maximum absolute atomic E-state index is 12.4. The van der Waals surface area contributed by atoms with Crippen molar-refractivity contribution >= 4 is 44.6 Å². The molecule has 21 heavy (non-hydrogen) atoms. The van der Waals surface area contributed by atoms with E-state index in [4.69, 9.17) is 28.9 Å². The normalized spacial score (nSPS) is 11.4. The van der Waals surface area contributed by atoms with Crippen LogP contribution in [0.5, 0.6) is 0 Å². The van der Waals surface area contributed by atoms with Crippen molar-refractivity contribution in [3.05, 3.63) is 51.5 Å². The molecule has 0 radical (unpaired) electrons. The van der Waals surface area contributed by atoms with Crippen LogP contribution in [-0.4, -0.2) is 8.42 Å². The van der Waals surface area contributed by atoms with Gasteiger partial charge in [0.1, 0.15) is 4.90 Å². The van der Waals surface area contributed by atoms with Gasteiger partial charge in [0.25, 0.3) is 10.0 Å². The summed E-state index contributed by atoms with van der Waals surface area (Å²) in [6.45, 7) is 3.59. The van der Waals surface area contributed by atoms with Gasteiger partial charge in [-0.25, -0.2) is 8.42 Å². The van der Waals surface area contributed by atoms with Crippen molar-refractivity contribution in [1.82, 2.24) is 0 Å². The molecule has 0 spiro atoms. The minimum absolute atomic E-state index is 0.0789. The van der Waals surface area contributed by atoms with Gasteiger partial charge in [0.15, 0.2) is 0 Å². The van der Waals surface area contributed by atoms with Gasteiger partial charge < -0.3 is 5.73 Å². The Balaban J connectivity index is 2.48. The summed E-state index contributed by atoms with van der Waals surface area (Å²) in [4.78, 5) is -0.0789. The van der Waals surface area contributed by atoms with Gasteiger partial charge in [0.05, 0.1) is 15.7 Å². The molecule has 2 aromatic carbocycles. The molecule has 0 unspecified atom stereocenters. The van der Waals surface area contributed by atoms with E-state index >= 15 is 0 Å². The topological polar surface area (TPSA) is 72.2 Å². The molecule has 0 aliphatic heterocycles. The average Bonchev–Trinajstić information content (AvgIpc) is 2.37. The molecule has 0 heterocycles. The highest BCUT2D eigenvalue weighted by Gasteiger charge is 2.20. The Morgan fingerprint density at radius 3 is 2.38 bits per heavy atom. The quantitative estimate of drug-likeness (QED) is 0.826. The molecule has 2 aromatic rings. The lowest BCUT2D eigenvalue weighted by atomic mass is 10.2. The van der Waals surface area contributed by atoms with Gasteiger partial charge in [0, 0.05) is 5.69 Å². The molecule has 0 atom stereocenters. The van der Waals surface area contributed by atoms with E-state index in [2.05, 4.69) is 4.72 Å². The van der Waals surface area contributed by atoms with Crippen LogP contribution in [0.15, 0.2) is 35.2 Å². The summed E-state index contributed by atoms with van der Waals surface area (Å²) in [5.74, 6) is 0. The Morgan fingerprint density at radius 1 is 1.05 bits per heavy atom. The van der Waals surface area contributed by atoms with Gasteiger partial charge in [-0.1, -0.05) is 29.3 Å². The number of anilines is 2. The third kappa shape index (κ3) is 3.43. The van der Waals surface area contributed by atoms with E-state index in [0.29, 0.717) is 22.0 Å². The molecule has 0 saturated carbocycles. The molecule has 0 aliphatic rings. The van der Waals surface area contributed by atoms with E-state index in [1.807, 2.05) is 6.92 Å². The van der Waals surface area contributed by atoms with E-state index in [-0.39, 0.29) is 9.92 Å². The smallest absolute Gasteiger partial charge is 0.263 e. The zero-order valence-electron chi connectivity index (χ0n) is 11.4. The summed E-state index contributed by atoms with van der Waals surface area (Å²) in [6, 6.07) is 7.91. The zero-order valence-corrected chi connectivity index (χ0v) is 13.8. The van der Waals surface area contributed by atoms with Crippen molar-refractivity contribution in [2.45, 2.75) is 18.7 Å². The molecule has 112 valence electrons. The van der Waals surface area contributed by atoms with Crippen LogP contribution in [0.1, 0.15) is 11.1 Å². The number of hydrogen-bond donors (Lipinski definition) is 2. The first-order chi connectivity index (χ1) is 9.70. The number of aryl methyl sites for hydroxylation is 2. The third-order valence-corrected chi connectivity index (χ3v) is 5.14. The van der Waals surface area contributed by atoms with E-state index in [1.165, 1.54) is 12.1 Å². The van der Waals surface area contributed by atoms with Crippen LogP contribution in [0, 0.1) is 13.8 Å². The SMILES string of the molecule is Cc1ccc(Cl)c(NS(=O)(=O)c2cc(N)c(C)cc2Cl)c1. The van der Waals surface area contributed by atoms with Gasteiger partial charge >= 0.3 is 0 Å². The summed E-state index contributed by atoms with van der Waals surface area (Å²) < 4.78 is 27.3. The number of sulfonamides is 1. The van der Waals surface area contributed by atoms with E-state index in [9.17, 15) is 8.42 Å². The number of halogens is 2. The second kappa shape index (κ2) is 5.75. The van der Waals surface area contributed by atoms with Gasteiger partial charge in [-0.15, -0.1) is 0 Å². The Labute approximate surface area is 133 Å². The van der Waals surface area contributed by atoms with Crippen LogP contribution in [0.3, 0.4) is 0 Å². The molecular formula is C14H14Cl2N2O2S. The van der Waals surface area contributed by atoms with Crippen LogP contribution >= 0.6 is 23.2 Å². The van der Waals surface area contributed by atoms with Crippen molar-refractivity contribution in [3.63, 3.8) is 0 Å². The number of nitrogens with one attached hydrogen (secondary N) is 1. The second-order valence-electron chi connectivity index (χ2n) is 4.73. The lowest BCUT2D eigenvalue weighted by molar-refractivity contribution is 0.601. The van der Waals surface area contributed by atoms with Crippen LogP contribution in [-0.2, 0) is 10.0 Å². The molecule has 0 saturated heterocycles. The lowest BCUT2D eigenvalue weighted by Gasteiger charge is -2.13. The molecule has 3 N–H and O–H groups in total. The fourth-order valence-electron chi connectivity index (χ4n) is 1.79. The molecule has 0 fully saturated rings. The maximum atomic E-state index is 12.4. The molecule has 4 nitrogen and oxygen atoms in total. The standard InChI is InChI=1S/C14H14Cl2N2O2S/c1-8-3-4-10(15)13(5-8)18-21(19,20)14-7-12(17)9(2)6-11(14)16/h3-7,18H,17H2,1-2H3. The highest BCUT2D eigenvalue weighted by atomic mass is 35.5. The van der Waals surface area contributed by atoms with Crippen LogP contribution in [0.2, 0.25) is 10.0 Å². The number of benzene rings is 2. The van der Waals surface area contributed by atoms with E-state index < -0.39 is 10.0 Å². The van der Waals surface area contributed by atoms with Gasteiger partial charge in [0.2, 0.25) is 0 Å². The summed E-state index contributed by atoms with van der Waals surface area (Å²) >= 11 is 12.0. The van der Waals surface area contributed by atoms with Crippen molar-refractivity contribution in [3.8, 4) is 0 Å². The molecule has 0 aliphatic carbocycles. The lowest BCUT2D eigenvalue weighted by Crippen LogP contribution is -2.14. The predicted octanol–water partition coefficient (Wildman–Crippen LogP) is 3.99. The third-order valence-electron chi connectivity index (χ3n) is 2.98. The second-order valence-corrected chi connectivity index (χ2v) is 7.19. The monoisotopic (exact) mass is 344 g/mol. The number of rotatable bonds is 3. The molecular weight excluding hydrogens is 331 g/mol. The first-order valence-electron chi connectivity index (χ1n) is 6.05. The van der Waals surface area contributed by atoms with Crippen molar-refractivity contribution in [2.75, 3.05) is 10.5 Å². The average molecular weight is 345 g/mol. The highest BCUT2D eigenvalue weighted by molar-refractivity contribution is 7.92. The molecule has 7 heteroatoms. The molecule has 2 rings (SSSR count). The van der Waals surface area contributed by atoms with Crippen molar-refractivity contribution < 1.29 is 8.42 Å². The Morgan fingerprint density at radius 2 is 1.71 bits per heavy atom. The fraction of sp³-hybridized carbons (Fsp3) is 0.143. The highest BCUT2D eigenvalue weighted by Crippen LogP contribution is 2.30. The fourth-order valence-corrected chi connectivity index (χ4v) is 3.70. The summed E-state index contributed by atoms with van der Waals surface area (Å²) in [6.07, 6.45) is 0. The number of nitrogen functional groups attached to an aromatic ring is 1. The predicted molar refractivity (Wildman–Crippen MR) is 87.6 cm³/mol. The van der Waals surface area contributed by atoms with Gasteiger partial charge in [-0.2, -0.15) is 0 Å². The van der Waals surface area contributed by atoms with E-state index in [1.54, 1.807) is 25.1 Å². The first-order valence-corrected chi connectivity index (χ1v) is 8.29. The Bertz CT molecular complexity index is 805. The largest absolute Gasteiger partial charge is 0.398 e. The summed E-state index contributed by atoms with van der Waals surface area (Å²) in [7, 11) is -3.87. The molecule has 0 aromatic heterocycles. The summed E-state index contributed by atoms with van der Waals surface area (Å²) in [5, 5.41) is 0.415. The Kier molecular flexibility index (Phi) is 4.37. The van der Waals surface area contributed by atoms with E-state index in [0.717, 1.165) is 5.56 Å². The van der Waals surface area contributed by atoms with Crippen LogP contribution in [0.25, 0.3) is 0 Å². The molecule has 0 bridgehead atoms. The van der Waals surface area contributed by atoms with Crippen molar-refractivity contribution in [2.24, 2.45) is 0 Å². The minimum atomic E-state index is -3.87.